The molecule has 5 heteroatoms. The first-order valence-corrected chi connectivity index (χ1v) is 5.45. The van der Waals surface area contributed by atoms with Gasteiger partial charge in [-0.3, -0.25) is 4.79 Å². The van der Waals surface area contributed by atoms with Crippen LogP contribution in [0.3, 0.4) is 0 Å². The molecule has 16 heavy (non-hydrogen) atoms. The van der Waals surface area contributed by atoms with Crippen molar-refractivity contribution in [2.45, 2.75) is 40.5 Å². The van der Waals surface area contributed by atoms with E-state index in [0.717, 1.165) is 0 Å². The lowest BCUT2D eigenvalue weighted by molar-refractivity contribution is -0.150. The molecule has 1 atom stereocenters. The molecule has 1 aromatic rings. The van der Waals surface area contributed by atoms with Gasteiger partial charge in [0.1, 0.15) is 0 Å². The molecular weight excluding hydrogens is 208 g/mol. The number of hydrogen-bond donors (Lipinski definition) is 1. The standard InChI is InChI=1S/C11H18N2O3/c1-5-8-12-9(16-13-8)6-11(4,7(2)3)10(14)15/h7H,5-6H2,1-4H3,(H,14,15). The zero-order valence-corrected chi connectivity index (χ0v) is 10.1. The van der Waals surface area contributed by atoms with Gasteiger partial charge in [-0.1, -0.05) is 25.9 Å². The molecule has 0 saturated heterocycles. The minimum absolute atomic E-state index is 0.00183. The first-order chi connectivity index (χ1) is 7.40. The van der Waals surface area contributed by atoms with Crippen molar-refractivity contribution in [1.82, 2.24) is 10.1 Å². The van der Waals surface area contributed by atoms with Crippen LogP contribution in [0.4, 0.5) is 0 Å². The van der Waals surface area contributed by atoms with E-state index in [2.05, 4.69) is 10.1 Å². The summed E-state index contributed by atoms with van der Waals surface area (Å²) in [6.07, 6.45) is 0.960. The summed E-state index contributed by atoms with van der Waals surface area (Å²) in [7, 11) is 0. The van der Waals surface area contributed by atoms with Crippen LogP contribution in [0.2, 0.25) is 0 Å². The fourth-order valence-electron chi connectivity index (χ4n) is 1.35. The van der Waals surface area contributed by atoms with Gasteiger partial charge in [-0.25, -0.2) is 0 Å². The Morgan fingerprint density at radius 3 is 2.56 bits per heavy atom. The molecule has 0 aliphatic carbocycles. The van der Waals surface area contributed by atoms with Crippen molar-refractivity contribution in [2.75, 3.05) is 0 Å². The van der Waals surface area contributed by atoms with Crippen molar-refractivity contribution in [1.29, 1.82) is 0 Å². The molecule has 0 saturated carbocycles. The lowest BCUT2D eigenvalue weighted by Crippen LogP contribution is -2.35. The highest BCUT2D eigenvalue weighted by Crippen LogP contribution is 2.31. The van der Waals surface area contributed by atoms with E-state index in [-0.39, 0.29) is 12.3 Å². The number of hydrogen-bond acceptors (Lipinski definition) is 4. The van der Waals surface area contributed by atoms with Crippen molar-refractivity contribution in [3.8, 4) is 0 Å². The Labute approximate surface area is 94.9 Å². The zero-order chi connectivity index (χ0) is 12.3. The van der Waals surface area contributed by atoms with Crippen LogP contribution in [-0.2, 0) is 17.6 Å². The maximum Gasteiger partial charge on any atom is 0.310 e. The van der Waals surface area contributed by atoms with E-state index in [1.165, 1.54) is 0 Å². The molecule has 0 spiro atoms. The van der Waals surface area contributed by atoms with E-state index < -0.39 is 11.4 Å². The van der Waals surface area contributed by atoms with Crippen LogP contribution in [0.15, 0.2) is 4.52 Å². The Morgan fingerprint density at radius 1 is 1.56 bits per heavy atom. The second-order valence-electron chi connectivity index (χ2n) is 4.51. The zero-order valence-electron chi connectivity index (χ0n) is 10.1. The Balaban J connectivity index is 2.88. The summed E-state index contributed by atoms with van der Waals surface area (Å²) < 4.78 is 5.03. The third kappa shape index (κ3) is 2.40. The smallest absolute Gasteiger partial charge is 0.310 e. The number of carboxylic acids is 1. The highest BCUT2D eigenvalue weighted by molar-refractivity contribution is 5.74. The summed E-state index contributed by atoms with van der Waals surface area (Å²) in [6, 6.07) is 0. The summed E-state index contributed by atoms with van der Waals surface area (Å²) in [5.41, 5.74) is -0.864. The molecule has 1 heterocycles. The number of rotatable bonds is 5. The molecule has 0 aromatic carbocycles. The van der Waals surface area contributed by atoms with Gasteiger partial charge < -0.3 is 9.63 Å². The van der Waals surface area contributed by atoms with Crippen LogP contribution in [0.25, 0.3) is 0 Å². The van der Waals surface area contributed by atoms with Gasteiger partial charge in [0.15, 0.2) is 5.82 Å². The highest BCUT2D eigenvalue weighted by atomic mass is 16.5. The molecule has 0 aliphatic rings. The average molecular weight is 226 g/mol. The number of carbonyl (C=O) groups is 1. The predicted molar refractivity (Wildman–Crippen MR) is 58.0 cm³/mol. The van der Waals surface area contributed by atoms with E-state index in [1.807, 2.05) is 20.8 Å². The van der Waals surface area contributed by atoms with E-state index in [1.54, 1.807) is 6.92 Å². The average Bonchev–Trinajstić information content (AvgIpc) is 2.64. The Bertz CT molecular complexity index is 373. The molecule has 1 unspecified atom stereocenters. The van der Waals surface area contributed by atoms with Crippen LogP contribution in [0.5, 0.6) is 0 Å². The fraction of sp³-hybridized carbons (Fsp3) is 0.727. The molecule has 0 aliphatic heterocycles. The maximum atomic E-state index is 11.3. The maximum absolute atomic E-state index is 11.3. The molecule has 0 bridgehead atoms. The van der Waals surface area contributed by atoms with Crippen molar-refractivity contribution in [3.63, 3.8) is 0 Å². The number of nitrogens with zero attached hydrogens (tertiary/aromatic N) is 2. The van der Waals surface area contributed by atoms with Gasteiger partial charge >= 0.3 is 5.97 Å². The number of carboxylic acid groups (broad SMARTS) is 1. The molecule has 5 nitrogen and oxygen atoms in total. The van der Waals surface area contributed by atoms with Gasteiger partial charge in [0.05, 0.1) is 5.41 Å². The molecule has 1 N–H and O–H groups in total. The van der Waals surface area contributed by atoms with Gasteiger partial charge in [0.2, 0.25) is 5.89 Å². The van der Waals surface area contributed by atoms with E-state index in [4.69, 9.17) is 4.52 Å². The van der Waals surface area contributed by atoms with Crippen LogP contribution in [-0.4, -0.2) is 21.2 Å². The first-order valence-electron chi connectivity index (χ1n) is 5.45. The Hall–Kier alpha value is -1.39. The van der Waals surface area contributed by atoms with E-state index in [9.17, 15) is 9.90 Å². The predicted octanol–water partition coefficient (Wildman–Crippen LogP) is 1.92. The first kappa shape index (κ1) is 12.7. The minimum atomic E-state index is -0.864. The van der Waals surface area contributed by atoms with Crippen LogP contribution in [0.1, 0.15) is 39.4 Å². The minimum Gasteiger partial charge on any atom is -0.481 e. The van der Waals surface area contributed by atoms with Crippen LogP contribution >= 0.6 is 0 Å². The largest absolute Gasteiger partial charge is 0.481 e. The van der Waals surface area contributed by atoms with Gasteiger partial charge in [-0.05, 0) is 12.8 Å². The SMILES string of the molecule is CCc1noc(CC(C)(C(=O)O)C(C)C)n1. The molecule has 0 fully saturated rings. The molecular formula is C11H18N2O3. The number of aliphatic carboxylic acids is 1. The third-order valence-corrected chi connectivity index (χ3v) is 3.11. The van der Waals surface area contributed by atoms with Crippen LogP contribution in [0, 0.1) is 11.3 Å². The highest BCUT2D eigenvalue weighted by Gasteiger charge is 2.38. The molecule has 1 rings (SSSR count). The topological polar surface area (TPSA) is 76.2 Å². The van der Waals surface area contributed by atoms with Crippen molar-refractivity contribution >= 4 is 5.97 Å². The summed E-state index contributed by atoms with van der Waals surface area (Å²) >= 11 is 0. The van der Waals surface area contributed by atoms with Gasteiger partial charge in [-0.2, -0.15) is 4.98 Å². The quantitative estimate of drug-likeness (QED) is 0.830. The molecule has 90 valence electrons. The van der Waals surface area contributed by atoms with E-state index >= 15 is 0 Å². The van der Waals surface area contributed by atoms with Crippen LogP contribution < -0.4 is 0 Å². The molecule has 1 aromatic heterocycles. The molecule has 0 radical (unpaired) electrons. The molecule has 0 amide bonds. The number of aromatic nitrogens is 2. The lowest BCUT2D eigenvalue weighted by Gasteiger charge is -2.27. The second kappa shape index (κ2) is 4.63. The Morgan fingerprint density at radius 2 is 2.19 bits per heavy atom. The van der Waals surface area contributed by atoms with Crippen molar-refractivity contribution < 1.29 is 14.4 Å². The lowest BCUT2D eigenvalue weighted by atomic mass is 9.76. The Kier molecular flexibility index (Phi) is 3.67. The van der Waals surface area contributed by atoms with Crippen molar-refractivity contribution in [3.05, 3.63) is 11.7 Å². The normalized spacial score (nSPS) is 15.1. The van der Waals surface area contributed by atoms with E-state index in [0.29, 0.717) is 18.1 Å². The third-order valence-electron chi connectivity index (χ3n) is 3.11. The monoisotopic (exact) mass is 226 g/mol. The van der Waals surface area contributed by atoms with Gasteiger partial charge in [0.25, 0.3) is 0 Å². The van der Waals surface area contributed by atoms with Gasteiger partial charge in [-0.15, -0.1) is 0 Å². The van der Waals surface area contributed by atoms with Gasteiger partial charge in [0, 0.05) is 12.8 Å². The second-order valence-corrected chi connectivity index (χ2v) is 4.51. The van der Waals surface area contributed by atoms with Crippen molar-refractivity contribution in [2.24, 2.45) is 11.3 Å². The summed E-state index contributed by atoms with van der Waals surface area (Å²) in [5, 5.41) is 13.0. The summed E-state index contributed by atoms with van der Waals surface area (Å²) in [5.74, 6) is 0.183. The summed E-state index contributed by atoms with van der Waals surface area (Å²) in [6.45, 7) is 7.39. The summed E-state index contributed by atoms with van der Waals surface area (Å²) in [4.78, 5) is 15.4. The fourth-order valence-corrected chi connectivity index (χ4v) is 1.35. The number of aryl methyl sites for hydroxylation is 1.